The molecule has 1 aromatic rings. The molecule has 1 aliphatic heterocycles. The highest BCUT2D eigenvalue weighted by Crippen LogP contribution is 2.66. The topological polar surface area (TPSA) is 78.2 Å². The van der Waals surface area contributed by atoms with Gasteiger partial charge in [-0.05, 0) is 71.5 Å². The fourth-order valence-corrected chi connectivity index (χ4v) is 9.48. The van der Waals surface area contributed by atoms with Crippen LogP contribution in [-0.4, -0.2) is 19.3 Å². The number of aromatic hydroxyl groups is 1. The van der Waals surface area contributed by atoms with Crippen molar-refractivity contribution in [3.05, 3.63) is 23.3 Å². The van der Waals surface area contributed by atoms with E-state index in [2.05, 4.69) is 33.8 Å². The van der Waals surface area contributed by atoms with Crippen LogP contribution >= 0.6 is 0 Å². The standard InChI is InChI=1S/C22H29NO3S/c1-20(2)7-5-8-21(3)17(20)6-9-22(4)18(21)13-27(25,26)16-11-15(24)10-14(12-23)19(16)22/h10-11,17-18,24H,5-9,13H2,1-4H3/t17-,18+,21-,22+/m0/s1. The number of nitriles is 1. The number of hydrogen-bond donors (Lipinski definition) is 1. The highest BCUT2D eigenvalue weighted by atomic mass is 32.2. The second kappa shape index (κ2) is 5.50. The first kappa shape index (κ1) is 18.8. The van der Waals surface area contributed by atoms with Gasteiger partial charge in [0.05, 0.1) is 22.3 Å². The monoisotopic (exact) mass is 387 g/mol. The van der Waals surface area contributed by atoms with Gasteiger partial charge in [-0.3, -0.25) is 0 Å². The zero-order valence-electron chi connectivity index (χ0n) is 16.7. The summed E-state index contributed by atoms with van der Waals surface area (Å²) in [6.07, 6.45) is 5.31. The molecule has 1 aromatic carbocycles. The molecule has 0 unspecified atom stereocenters. The third-order valence-corrected chi connectivity index (χ3v) is 10.1. The van der Waals surface area contributed by atoms with Gasteiger partial charge in [-0.15, -0.1) is 0 Å². The van der Waals surface area contributed by atoms with Crippen LogP contribution in [0, 0.1) is 34.0 Å². The molecule has 2 saturated carbocycles. The van der Waals surface area contributed by atoms with E-state index in [0.29, 0.717) is 17.0 Å². The second-order valence-electron chi connectivity index (χ2n) is 10.2. The largest absolute Gasteiger partial charge is 0.508 e. The van der Waals surface area contributed by atoms with Crippen LogP contribution in [0.2, 0.25) is 0 Å². The summed E-state index contributed by atoms with van der Waals surface area (Å²) in [4.78, 5) is 0.176. The van der Waals surface area contributed by atoms with Crippen LogP contribution in [0.25, 0.3) is 0 Å². The smallest absolute Gasteiger partial charge is 0.179 e. The molecule has 4 nitrogen and oxygen atoms in total. The average molecular weight is 388 g/mol. The molecule has 5 heteroatoms. The lowest BCUT2D eigenvalue weighted by atomic mass is 9.42. The third kappa shape index (κ3) is 2.42. The lowest BCUT2D eigenvalue weighted by molar-refractivity contribution is -0.0981. The van der Waals surface area contributed by atoms with E-state index < -0.39 is 9.84 Å². The summed E-state index contributed by atoms with van der Waals surface area (Å²) in [5.74, 6) is 0.469. The fraction of sp³-hybridized carbons (Fsp3) is 0.682. The van der Waals surface area contributed by atoms with E-state index in [9.17, 15) is 18.8 Å². The van der Waals surface area contributed by atoms with Gasteiger partial charge in [-0.25, -0.2) is 8.42 Å². The van der Waals surface area contributed by atoms with Crippen molar-refractivity contribution in [3.8, 4) is 11.8 Å². The molecule has 0 spiro atoms. The van der Waals surface area contributed by atoms with Crippen LogP contribution in [0.3, 0.4) is 0 Å². The normalized spacial score (nSPS) is 38.8. The van der Waals surface area contributed by atoms with E-state index in [1.54, 1.807) is 0 Å². The van der Waals surface area contributed by atoms with Crippen LogP contribution in [0.5, 0.6) is 5.75 Å². The minimum absolute atomic E-state index is 0.00234. The van der Waals surface area contributed by atoms with Gasteiger partial charge < -0.3 is 5.11 Å². The Morgan fingerprint density at radius 1 is 1.11 bits per heavy atom. The van der Waals surface area contributed by atoms with E-state index in [1.807, 2.05) is 0 Å². The van der Waals surface area contributed by atoms with Crippen molar-refractivity contribution in [1.82, 2.24) is 0 Å². The Balaban J connectivity index is 1.98. The van der Waals surface area contributed by atoms with Crippen LogP contribution in [0.1, 0.15) is 70.9 Å². The van der Waals surface area contributed by atoms with Crippen molar-refractivity contribution < 1.29 is 13.5 Å². The Morgan fingerprint density at radius 2 is 1.81 bits per heavy atom. The number of hydrogen-bond acceptors (Lipinski definition) is 4. The highest BCUT2D eigenvalue weighted by Gasteiger charge is 2.62. The number of sulfone groups is 1. The molecule has 3 aliphatic rings. The second-order valence-corrected chi connectivity index (χ2v) is 12.2. The van der Waals surface area contributed by atoms with Gasteiger partial charge in [0, 0.05) is 0 Å². The minimum Gasteiger partial charge on any atom is -0.508 e. The van der Waals surface area contributed by atoms with Gasteiger partial charge >= 0.3 is 0 Å². The minimum atomic E-state index is -3.54. The SMILES string of the molecule is CC1(C)CCC[C@]2(C)[C@H]3CS(=O)(=O)c4cc(O)cc(C#N)c4[C@]3(C)CC[C@@H]12. The maximum Gasteiger partial charge on any atom is 0.179 e. The Labute approximate surface area is 162 Å². The van der Waals surface area contributed by atoms with Crippen LogP contribution in [0.15, 0.2) is 17.0 Å². The zero-order chi connectivity index (χ0) is 19.8. The molecule has 0 saturated heterocycles. The van der Waals surface area contributed by atoms with Crippen molar-refractivity contribution in [1.29, 1.82) is 5.26 Å². The zero-order valence-corrected chi connectivity index (χ0v) is 17.5. The first-order valence-corrected chi connectivity index (χ1v) is 11.6. The van der Waals surface area contributed by atoms with E-state index in [1.165, 1.54) is 18.6 Å². The number of phenols is 1. The highest BCUT2D eigenvalue weighted by molar-refractivity contribution is 7.91. The van der Waals surface area contributed by atoms with Gasteiger partial charge in [0.25, 0.3) is 0 Å². The van der Waals surface area contributed by atoms with Crippen molar-refractivity contribution in [3.63, 3.8) is 0 Å². The molecular weight excluding hydrogens is 358 g/mol. The summed E-state index contributed by atoms with van der Waals surface area (Å²) in [6, 6.07) is 4.95. The number of rotatable bonds is 0. The van der Waals surface area contributed by atoms with Crippen LogP contribution in [-0.2, 0) is 15.3 Å². The van der Waals surface area contributed by atoms with Crippen molar-refractivity contribution in [2.45, 2.75) is 70.1 Å². The maximum atomic E-state index is 13.2. The Hall–Kier alpha value is -1.54. The summed E-state index contributed by atoms with van der Waals surface area (Å²) >= 11 is 0. The molecule has 4 atom stereocenters. The Morgan fingerprint density at radius 3 is 2.48 bits per heavy atom. The maximum absolute atomic E-state index is 13.2. The Kier molecular flexibility index (Phi) is 3.83. The lowest BCUT2D eigenvalue weighted by Crippen LogP contribution is -2.60. The van der Waals surface area contributed by atoms with Crippen LogP contribution in [0.4, 0.5) is 0 Å². The van der Waals surface area contributed by atoms with Gasteiger partial charge in [-0.2, -0.15) is 5.26 Å². The van der Waals surface area contributed by atoms with Crippen molar-refractivity contribution >= 4 is 9.84 Å². The van der Waals surface area contributed by atoms with Crippen molar-refractivity contribution in [2.75, 3.05) is 5.75 Å². The molecule has 0 radical (unpaired) electrons. The third-order valence-electron chi connectivity index (χ3n) is 8.29. The summed E-state index contributed by atoms with van der Waals surface area (Å²) in [6.45, 7) is 9.13. The van der Waals surface area contributed by atoms with E-state index in [-0.39, 0.29) is 38.6 Å². The van der Waals surface area contributed by atoms with E-state index >= 15 is 0 Å². The Bertz CT molecular complexity index is 959. The van der Waals surface area contributed by atoms with E-state index in [0.717, 1.165) is 25.7 Å². The van der Waals surface area contributed by atoms with Gasteiger partial charge in [-0.1, -0.05) is 34.1 Å². The molecule has 27 heavy (non-hydrogen) atoms. The predicted octanol–water partition coefficient (Wildman–Crippen LogP) is 4.55. The first-order chi connectivity index (χ1) is 12.5. The lowest BCUT2D eigenvalue weighted by Gasteiger charge is -2.63. The summed E-state index contributed by atoms with van der Waals surface area (Å²) in [7, 11) is -3.54. The molecule has 0 amide bonds. The number of fused-ring (bicyclic) bond motifs is 5. The molecule has 4 rings (SSSR count). The quantitative estimate of drug-likeness (QED) is 0.708. The van der Waals surface area contributed by atoms with Crippen LogP contribution < -0.4 is 0 Å². The average Bonchev–Trinajstić information content (AvgIpc) is 2.55. The molecule has 1 heterocycles. The molecule has 146 valence electrons. The van der Waals surface area contributed by atoms with E-state index in [4.69, 9.17) is 0 Å². The van der Waals surface area contributed by atoms with Gasteiger partial charge in [0.1, 0.15) is 5.75 Å². The predicted molar refractivity (Wildman–Crippen MR) is 104 cm³/mol. The fourth-order valence-electron chi connectivity index (χ4n) is 7.16. The number of benzene rings is 1. The molecule has 0 aromatic heterocycles. The molecule has 1 N–H and O–H groups in total. The number of phenolic OH excluding ortho intramolecular Hbond substituents is 1. The molecular formula is C22H29NO3S. The first-order valence-electron chi connectivity index (χ1n) is 9.96. The molecule has 0 bridgehead atoms. The summed E-state index contributed by atoms with van der Waals surface area (Å²) < 4.78 is 26.5. The summed E-state index contributed by atoms with van der Waals surface area (Å²) in [5, 5.41) is 19.7. The molecule has 2 aliphatic carbocycles. The van der Waals surface area contributed by atoms with Crippen molar-refractivity contribution in [2.24, 2.45) is 22.7 Å². The van der Waals surface area contributed by atoms with Gasteiger partial charge in [0.2, 0.25) is 0 Å². The number of nitrogens with zero attached hydrogens (tertiary/aromatic N) is 1. The summed E-state index contributed by atoms with van der Waals surface area (Å²) in [5.41, 5.74) is 0.785. The van der Waals surface area contributed by atoms with Gasteiger partial charge in [0.15, 0.2) is 9.84 Å². The molecule has 2 fully saturated rings.